The fourth-order valence-corrected chi connectivity index (χ4v) is 2.61. The van der Waals surface area contributed by atoms with E-state index >= 15 is 0 Å². The smallest absolute Gasteiger partial charge is 0.258 e. The van der Waals surface area contributed by atoms with Crippen molar-refractivity contribution in [3.05, 3.63) is 95.8 Å². The Labute approximate surface area is 163 Å². The highest BCUT2D eigenvalue weighted by molar-refractivity contribution is 5.82. The number of rotatable bonds is 7. The molecular formula is C23H21FN2O2. The molecule has 3 rings (SSSR count). The molecule has 0 aliphatic carbocycles. The highest BCUT2D eigenvalue weighted by atomic mass is 19.1. The molecule has 3 aromatic rings. The van der Waals surface area contributed by atoms with E-state index in [2.05, 4.69) is 10.3 Å². The number of para-hydroxylation sites is 1. The molecule has 0 spiro atoms. The molecule has 0 fully saturated rings. The summed E-state index contributed by atoms with van der Waals surface area (Å²) in [6, 6.07) is 23.1. The van der Waals surface area contributed by atoms with Gasteiger partial charge in [0.1, 0.15) is 11.6 Å². The number of amides is 1. The van der Waals surface area contributed by atoms with Crippen molar-refractivity contribution in [1.82, 2.24) is 5.32 Å². The quantitative estimate of drug-likeness (QED) is 0.600. The molecule has 0 saturated heterocycles. The minimum absolute atomic E-state index is 0.0696. The van der Waals surface area contributed by atoms with Crippen LogP contribution in [0.2, 0.25) is 0 Å². The van der Waals surface area contributed by atoms with Gasteiger partial charge in [-0.05, 0) is 54.4 Å². The van der Waals surface area contributed by atoms with Gasteiger partial charge in [-0.1, -0.05) is 42.5 Å². The van der Waals surface area contributed by atoms with Crippen molar-refractivity contribution >= 4 is 17.8 Å². The molecule has 4 nitrogen and oxygen atoms in total. The zero-order valence-electron chi connectivity index (χ0n) is 15.5. The van der Waals surface area contributed by atoms with Crippen LogP contribution in [0.25, 0.3) is 0 Å². The van der Waals surface area contributed by atoms with Crippen LogP contribution in [0, 0.1) is 5.82 Å². The predicted molar refractivity (Wildman–Crippen MR) is 109 cm³/mol. The number of carbonyl (C=O) groups excluding carboxylic acids is 1. The van der Waals surface area contributed by atoms with Crippen LogP contribution in [-0.2, 0) is 4.79 Å². The molecule has 0 radical (unpaired) electrons. The largest absolute Gasteiger partial charge is 0.484 e. The Bertz CT molecular complexity index is 940. The lowest BCUT2D eigenvalue weighted by atomic mass is 10.1. The Kier molecular flexibility index (Phi) is 6.52. The second kappa shape index (κ2) is 9.46. The number of ether oxygens (including phenoxy) is 1. The lowest BCUT2D eigenvalue weighted by Crippen LogP contribution is -2.31. The van der Waals surface area contributed by atoms with Crippen molar-refractivity contribution in [2.75, 3.05) is 6.61 Å². The molecule has 0 bridgehead atoms. The molecule has 1 N–H and O–H groups in total. The summed E-state index contributed by atoms with van der Waals surface area (Å²) in [6.07, 6.45) is 1.58. The fraction of sp³-hybridized carbons (Fsp3) is 0.130. The number of carbonyl (C=O) groups is 1. The van der Waals surface area contributed by atoms with Gasteiger partial charge in [0.2, 0.25) is 0 Å². The first-order valence-electron chi connectivity index (χ1n) is 8.97. The van der Waals surface area contributed by atoms with Gasteiger partial charge >= 0.3 is 0 Å². The minimum atomic E-state index is -0.366. The molecule has 0 heterocycles. The van der Waals surface area contributed by atoms with Gasteiger partial charge in [-0.3, -0.25) is 9.79 Å². The number of nitrogens with zero attached hydrogens (tertiary/aromatic N) is 1. The van der Waals surface area contributed by atoms with Gasteiger partial charge < -0.3 is 10.1 Å². The Morgan fingerprint density at radius 3 is 2.43 bits per heavy atom. The van der Waals surface area contributed by atoms with E-state index in [0.717, 1.165) is 11.1 Å². The van der Waals surface area contributed by atoms with Crippen molar-refractivity contribution < 1.29 is 13.9 Å². The van der Waals surface area contributed by atoms with Gasteiger partial charge in [0.05, 0.1) is 11.7 Å². The maximum Gasteiger partial charge on any atom is 0.258 e. The van der Waals surface area contributed by atoms with Crippen molar-refractivity contribution in [2.45, 2.75) is 13.0 Å². The second-order valence-electron chi connectivity index (χ2n) is 6.27. The van der Waals surface area contributed by atoms with Crippen molar-refractivity contribution in [3.8, 4) is 5.75 Å². The van der Waals surface area contributed by atoms with Crippen LogP contribution in [0.3, 0.4) is 0 Å². The van der Waals surface area contributed by atoms with E-state index in [9.17, 15) is 9.18 Å². The lowest BCUT2D eigenvalue weighted by molar-refractivity contribution is -0.123. The first-order valence-corrected chi connectivity index (χ1v) is 8.97. The van der Waals surface area contributed by atoms with Crippen LogP contribution in [0.4, 0.5) is 10.1 Å². The highest BCUT2D eigenvalue weighted by Crippen LogP contribution is 2.17. The molecule has 0 aliphatic heterocycles. The number of hydrogen-bond donors (Lipinski definition) is 1. The summed E-state index contributed by atoms with van der Waals surface area (Å²) >= 11 is 0. The molecule has 1 atom stereocenters. The predicted octanol–water partition coefficient (Wildman–Crippen LogP) is 4.83. The molecular weight excluding hydrogens is 355 g/mol. The Morgan fingerprint density at radius 2 is 1.71 bits per heavy atom. The van der Waals surface area contributed by atoms with Gasteiger partial charge in [-0.25, -0.2) is 4.39 Å². The second-order valence-corrected chi connectivity index (χ2v) is 6.27. The standard InChI is InChI=1S/C23H21FN2O2/c1-17(19-7-3-2-4-8-19)26-23(27)16-28-20-13-11-18(12-14-20)15-25-22-10-6-5-9-21(22)24/h2-15,17H,16H2,1H3,(H,26,27)/t17-/m1/s1. The van der Waals surface area contributed by atoms with Crippen LogP contribution in [0.1, 0.15) is 24.1 Å². The van der Waals surface area contributed by atoms with Crippen molar-refractivity contribution in [1.29, 1.82) is 0 Å². The SMILES string of the molecule is C[C@@H](NC(=O)COc1ccc(C=Nc2ccccc2F)cc1)c1ccccc1. The normalized spacial score (nSPS) is 11.9. The van der Waals surface area contributed by atoms with E-state index in [1.807, 2.05) is 37.3 Å². The number of benzene rings is 3. The van der Waals surface area contributed by atoms with Gasteiger partial charge in [-0.2, -0.15) is 0 Å². The average molecular weight is 376 g/mol. The molecule has 28 heavy (non-hydrogen) atoms. The maximum absolute atomic E-state index is 13.6. The maximum atomic E-state index is 13.6. The zero-order chi connectivity index (χ0) is 19.8. The van der Waals surface area contributed by atoms with Crippen molar-refractivity contribution in [2.24, 2.45) is 4.99 Å². The van der Waals surface area contributed by atoms with Crippen LogP contribution < -0.4 is 10.1 Å². The monoisotopic (exact) mass is 376 g/mol. The van der Waals surface area contributed by atoms with Crippen LogP contribution in [-0.4, -0.2) is 18.7 Å². The molecule has 0 saturated carbocycles. The lowest BCUT2D eigenvalue weighted by Gasteiger charge is -2.14. The topological polar surface area (TPSA) is 50.7 Å². The van der Waals surface area contributed by atoms with Crippen molar-refractivity contribution in [3.63, 3.8) is 0 Å². The number of halogens is 1. The average Bonchev–Trinajstić information content (AvgIpc) is 2.73. The number of nitrogens with one attached hydrogen (secondary N) is 1. The Hall–Kier alpha value is -3.47. The summed E-state index contributed by atoms with van der Waals surface area (Å²) in [6.45, 7) is 1.86. The molecule has 0 unspecified atom stereocenters. The third kappa shape index (κ3) is 5.51. The molecule has 5 heteroatoms. The van der Waals surface area contributed by atoms with E-state index in [1.165, 1.54) is 6.07 Å². The summed E-state index contributed by atoms with van der Waals surface area (Å²) in [5, 5.41) is 2.90. The highest BCUT2D eigenvalue weighted by Gasteiger charge is 2.09. The van der Waals surface area contributed by atoms with Gasteiger partial charge in [0, 0.05) is 6.21 Å². The van der Waals surface area contributed by atoms with Crippen LogP contribution in [0.15, 0.2) is 83.9 Å². The zero-order valence-corrected chi connectivity index (χ0v) is 15.5. The number of aliphatic imine (C=N–C) groups is 1. The Morgan fingerprint density at radius 1 is 1.04 bits per heavy atom. The molecule has 3 aromatic carbocycles. The first kappa shape index (κ1) is 19.3. The van der Waals surface area contributed by atoms with Gasteiger partial charge in [-0.15, -0.1) is 0 Å². The van der Waals surface area contributed by atoms with Gasteiger partial charge in [0.15, 0.2) is 6.61 Å². The summed E-state index contributed by atoms with van der Waals surface area (Å²) in [4.78, 5) is 16.2. The van der Waals surface area contributed by atoms with Crippen LogP contribution >= 0.6 is 0 Å². The Balaban J connectivity index is 1.50. The summed E-state index contributed by atoms with van der Waals surface area (Å²) in [5.74, 6) is 0.0153. The third-order valence-corrected chi connectivity index (χ3v) is 4.13. The van der Waals surface area contributed by atoms with Crippen LogP contribution in [0.5, 0.6) is 5.75 Å². The first-order chi connectivity index (χ1) is 13.6. The van der Waals surface area contributed by atoms with E-state index < -0.39 is 0 Å². The van der Waals surface area contributed by atoms with E-state index in [4.69, 9.17) is 4.74 Å². The molecule has 142 valence electrons. The summed E-state index contributed by atoms with van der Waals surface area (Å²) in [5.41, 5.74) is 2.12. The molecule has 0 aliphatic rings. The summed E-state index contributed by atoms with van der Waals surface area (Å²) in [7, 11) is 0. The van der Waals surface area contributed by atoms with Gasteiger partial charge in [0.25, 0.3) is 5.91 Å². The fourth-order valence-electron chi connectivity index (χ4n) is 2.61. The summed E-state index contributed by atoms with van der Waals surface area (Å²) < 4.78 is 19.1. The molecule has 1 amide bonds. The molecule has 0 aromatic heterocycles. The van der Waals surface area contributed by atoms with E-state index in [-0.39, 0.29) is 30.1 Å². The van der Waals surface area contributed by atoms with E-state index in [0.29, 0.717) is 5.75 Å². The minimum Gasteiger partial charge on any atom is -0.484 e. The number of hydrogen-bond acceptors (Lipinski definition) is 3. The van der Waals surface area contributed by atoms with E-state index in [1.54, 1.807) is 48.7 Å². The third-order valence-electron chi connectivity index (χ3n) is 4.13.